The molecule has 1 unspecified atom stereocenters. The third kappa shape index (κ3) is 13.4. The smallest absolute Gasteiger partial charge is 0.0398 e. The van der Waals surface area contributed by atoms with Gasteiger partial charge in [0.25, 0.3) is 0 Å². The third-order valence-electron chi connectivity index (χ3n) is 5.08. The van der Waals surface area contributed by atoms with E-state index < -0.39 is 0 Å². The summed E-state index contributed by atoms with van der Waals surface area (Å²) in [5, 5.41) is 0. The van der Waals surface area contributed by atoms with Crippen LogP contribution in [0.4, 0.5) is 5.69 Å². The molecule has 1 aromatic carbocycles. The predicted octanol–water partition coefficient (Wildman–Crippen LogP) is 9.54. The molecule has 0 radical (unpaired) electrons. The Morgan fingerprint density at radius 3 is 1.83 bits per heavy atom. The number of hydrogen-bond acceptors (Lipinski definition) is 1. The molecule has 1 saturated carbocycles. The molecule has 1 aliphatic carbocycles. The van der Waals surface area contributed by atoms with Crippen LogP contribution in [0.2, 0.25) is 0 Å². The van der Waals surface area contributed by atoms with Crippen molar-refractivity contribution in [3.63, 3.8) is 0 Å². The van der Waals surface area contributed by atoms with E-state index in [9.17, 15) is 0 Å². The molecule has 1 aliphatic rings. The Kier molecular flexibility index (Phi) is 22.0. The molecule has 0 aliphatic heterocycles. The summed E-state index contributed by atoms with van der Waals surface area (Å²) in [6.07, 6.45) is 11.3. The lowest BCUT2D eigenvalue weighted by atomic mass is 10.1. The van der Waals surface area contributed by atoms with E-state index in [0.717, 1.165) is 5.92 Å². The van der Waals surface area contributed by atoms with Gasteiger partial charge in [-0.05, 0) is 64.5 Å². The van der Waals surface area contributed by atoms with Crippen LogP contribution < -0.4 is 4.90 Å². The lowest BCUT2D eigenvalue weighted by molar-refractivity contribution is 0.603. The minimum Gasteiger partial charge on any atom is -0.369 e. The average Bonchev–Trinajstić information content (AvgIpc) is 3.53. The Morgan fingerprint density at radius 1 is 1.07 bits per heavy atom. The highest BCUT2D eigenvalue weighted by molar-refractivity contribution is 5.57. The number of rotatable bonds is 5. The van der Waals surface area contributed by atoms with Crippen molar-refractivity contribution < 1.29 is 0 Å². The van der Waals surface area contributed by atoms with E-state index in [0.29, 0.717) is 5.54 Å². The fourth-order valence-electron chi connectivity index (χ4n) is 2.97. The maximum absolute atomic E-state index is 3.36. The van der Waals surface area contributed by atoms with E-state index in [4.69, 9.17) is 0 Å². The first-order valence-electron chi connectivity index (χ1n) is 11.8. The van der Waals surface area contributed by atoms with E-state index in [1.807, 2.05) is 34.6 Å². The van der Waals surface area contributed by atoms with Gasteiger partial charge in [0, 0.05) is 18.3 Å². The Bertz CT molecular complexity index is 523. The second-order valence-electron chi connectivity index (χ2n) is 7.25. The van der Waals surface area contributed by atoms with Crippen molar-refractivity contribution >= 4 is 5.69 Å². The van der Waals surface area contributed by atoms with Crippen molar-refractivity contribution in [1.29, 1.82) is 0 Å². The van der Waals surface area contributed by atoms with Gasteiger partial charge in [-0.1, -0.05) is 90.8 Å². The summed E-state index contributed by atoms with van der Waals surface area (Å²) < 4.78 is 0. The van der Waals surface area contributed by atoms with Gasteiger partial charge in [-0.3, -0.25) is 0 Å². The molecule has 1 nitrogen and oxygen atoms in total. The summed E-state index contributed by atoms with van der Waals surface area (Å²) in [5.74, 6) is 0.769. The van der Waals surface area contributed by atoms with E-state index >= 15 is 0 Å². The maximum Gasteiger partial charge on any atom is 0.0398 e. The van der Waals surface area contributed by atoms with Gasteiger partial charge in [-0.15, -0.1) is 6.58 Å². The first kappa shape index (κ1) is 32.2. The molecule has 1 fully saturated rings. The average molecular weight is 404 g/mol. The molecule has 1 heteroatoms. The molecule has 0 N–H and O–H groups in total. The van der Waals surface area contributed by atoms with Crippen molar-refractivity contribution in [3.8, 4) is 0 Å². The lowest BCUT2D eigenvalue weighted by Crippen LogP contribution is -2.33. The zero-order valence-corrected chi connectivity index (χ0v) is 22.0. The van der Waals surface area contributed by atoms with E-state index in [2.05, 4.69) is 90.4 Å². The summed E-state index contributed by atoms with van der Waals surface area (Å²) >= 11 is 0. The van der Waals surface area contributed by atoms with E-state index in [-0.39, 0.29) is 0 Å². The van der Waals surface area contributed by atoms with Gasteiger partial charge in [-0.25, -0.2) is 0 Å². The summed E-state index contributed by atoms with van der Waals surface area (Å²) in [5.41, 5.74) is 4.63. The van der Waals surface area contributed by atoms with Gasteiger partial charge in [-0.2, -0.15) is 0 Å². The normalized spacial score (nSPS) is 13.7. The standard InChI is InChI=1S/C14H21N.C7H14.C3H6.2C2H6/c1-5-14(8-9-14)15(4)13-7-6-11(2)10-12(13)3;1-4-6-7(3)5-2;1-3-2;2*1-2/h6-7,10H,5,8-9H2,1-4H3;4,6-7H,5H2,1-3H3;3H,1H2,2H3;2*1-2H3/b;6-4-;;;. The van der Waals surface area contributed by atoms with Crippen LogP contribution in [-0.2, 0) is 0 Å². The van der Waals surface area contributed by atoms with Gasteiger partial charge < -0.3 is 4.90 Å². The highest BCUT2D eigenvalue weighted by atomic mass is 15.2. The molecular formula is C28H53N. The van der Waals surface area contributed by atoms with Gasteiger partial charge in [0.15, 0.2) is 0 Å². The molecular weight excluding hydrogens is 350 g/mol. The first-order chi connectivity index (χ1) is 13.8. The second-order valence-corrected chi connectivity index (χ2v) is 7.25. The minimum atomic E-state index is 0.472. The SMILES string of the molecule is C/C=C\C(C)CC.C=CC.CC.CC.CCC1(N(C)c2ccc(C)cc2C)CC1. The fourth-order valence-corrected chi connectivity index (χ4v) is 2.97. The van der Waals surface area contributed by atoms with Crippen molar-refractivity contribution in [2.45, 2.75) is 107 Å². The van der Waals surface area contributed by atoms with Crippen molar-refractivity contribution in [3.05, 3.63) is 54.1 Å². The summed E-state index contributed by atoms with van der Waals surface area (Å²) in [4.78, 5) is 2.49. The summed E-state index contributed by atoms with van der Waals surface area (Å²) in [7, 11) is 2.24. The van der Waals surface area contributed by atoms with Crippen molar-refractivity contribution in [1.82, 2.24) is 0 Å². The largest absolute Gasteiger partial charge is 0.369 e. The van der Waals surface area contributed by atoms with Gasteiger partial charge in [0.05, 0.1) is 0 Å². The lowest BCUT2D eigenvalue weighted by Gasteiger charge is -2.30. The number of hydrogen-bond donors (Lipinski definition) is 0. The molecule has 1 aromatic rings. The molecule has 1 atom stereocenters. The highest BCUT2D eigenvalue weighted by Gasteiger charge is 2.44. The van der Waals surface area contributed by atoms with Crippen LogP contribution in [0.25, 0.3) is 0 Å². The Balaban J connectivity index is -0.000000407. The Labute approximate surface area is 185 Å². The zero-order valence-electron chi connectivity index (χ0n) is 22.0. The molecule has 0 amide bonds. The second kappa shape index (κ2) is 19.8. The minimum absolute atomic E-state index is 0.472. The van der Waals surface area contributed by atoms with Crippen LogP contribution in [-0.4, -0.2) is 12.6 Å². The van der Waals surface area contributed by atoms with Crippen LogP contribution in [0, 0.1) is 19.8 Å². The number of nitrogens with zero attached hydrogens (tertiary/aromatic N) is 1. The zero-order chi connectivity index (χ0) is 23.5. The van der Waals surface area contributed by atoms with Gasteiger partial charge in [0.1, 0.15) is 0 Å². The van der Waals surface area contributed by atoms with Crippen molar-refractivity contribution in [2.24, 2.45) is 5.92 Å². The number of aryl methyl sites for hydroxylation is 2. The molecule has 0 spiro atoms. The number of anilines is 1. The third-order valence-corrected chi connectivity index (χ3v) is 5.08. The summed E-state index contributed by atoms with van der Waals surface area (Å²) in [6, 6.07) is 6.75. The molecule has 0 aromatic heterocycles. The van der Waals surface area contributed by atoms with E-state index in [1.165, 1.54) is 42.5 Å². The number of allylic oxidation sites excluding steroid dienone is 3. The molecule has 2 rings (SSSR count). The van der Waals surface area contributed by atoms with Crippen LogP contribution in [0.3, 0.4) is 0 Å². The Morgan fingerprint density at radius 2 is 1.55 bits per heavy atom. The number of benzene rings is 1. The van der Waals surface area contributed by atoms with Crippen LogP contribution in [0.5, 0.6) is 0 Å². The monoisotopic (exact) mass is 403 g/mol. The first-order valence-corrected chi connectivity index (χ1v) is 11.8. The van der Waals surface area contributed by atoms with Gasteiger partial charge >= 0.3 is 0 Å². The summed E-state index contributed by atoms with van der Waals surface area (Å²) in [6.45, 7) is 26.4. The van der Waals surface area contributed by atoms with Gasteiger partial charge in [0.2, 0.25) is 0 Å². The van der Waals surface area contributed by atoms with Crippen LogP contribution in [0.1, 0.15) is 99.1 Å². The molecule has 0 saturated heterocycles. The molecule has 29 heavy (non-hydrogen) atoms. The Hall–Kier alpha value is -1.50. The molecule has 0 bridgehead atoms. The fraction of sp³-hybridized carbons (Fsp3) is 0.643. The predicted molar refractivity (Wildman–Crippen MR) is 139 cm³/mol. The highest BCUT2D eigenvalue weighted by Crippen LogP contribution is 2.46. The maximum atomic E-state index is 3.36. The topological polar surface area (TPSA) is 3.24 Å². The van der Waals surface area contributed by atoms with E-state index in [1.54, 1.807) is 6.08 Å². The molecule has 170 valence electrons. The van der Waals surface area contributed by atoms with Crippen molar-refractivity contribution in [2.75, 3.05) is 11.9 Å². The van der Waals surface area contributed by atoms with Crippen LogP contribution in [0.15, 0.2) is 43.0 Å². The molecule has 0 heterocycles. The quantitative estimate of drug-likeness (QED) is 0.442. The van der Waals surface area contributed by atoms with Crippen LogP contribution >= 0.6 is 0 Å².